The van der Waals surface area contributed by atoms with Gasteiger partial charge in [0.05, 0.1) is 6.26 Å². The highest BCUT2D eigenvalue weighted by Gasteiger charge is 2.30. The number of carbonyl (C=O) groups is 1. The van der Waals surface area contributed by atoms with Crippen LogP contribution in [0.25, 0.3) is 0 Å². The van der Waals surface area contributed by atoms with Crippen molar-refractivity contribution in [2.75, 3.05) is 18.1 Å². The van der Waals surface area contributed by atoms with Crippen molar-refractivity contribution >= 4 is 31.8 Å². The van der Waals surface area contributed by atoms with E-state index in [1.807, 2.05) is 10.8 Å². The first-order valence-electron chi connectivity index (χ1n) is 10.3. The molecule has 8 nitrogen and oxygen atoms in total. The van der Waals surface area contributed by atoms with Crippen LogP contribution >= 0.6 is 0 Å². The van der Waals surface area contributed by atoms with E-state index in [1.165, 1.54) is 27.1 Å². The molecule has 0 saturated carbocycles. The summed E-state index contributed by atoms with van der Waals surface area (Å²) in [5, 5.41) is 3.60. The van der Waals surface area contributed by atoms with Gasteiger partial charge in [-0.3, -0.25) is 0 Å². The Labute approximate surface area is 177 Å². The monoisotopic (exact) mass is 453 g/mol. The number of nitrogens with zero attached hydrogens (tertiary/aromatic N) is 1. The van der Waals surface area contributed by atoms with Gasteiger partial charge >= 0.3 is 6.03 Å². The zero-order valence-corrected chi connectivity index (χ0v) is 18.6. The largest absolute Gasteiger partial charge is 0.333 e. The van der Waals surface area contributed by atoms with Crippen LogP contribution in [0.15, 0.2) is 17.6 Å². The number of aryl methyl sites for hydroxylation is 1. The Morgan fingerprint density at radius 3 is 2.50 bits per heavy atom. The Kier molecular flexibility index (Phi) is 5.67. The first-order valence-corrected chi connectivity index (χ1v) is 13.7. The molecule has 1 fully saturated rings. The number of benzene rings is 1. The van der Waals surface area contributed by atoms with Gasteiger partial charge < -0.3 is 5.32 Å². The minimum atomic E-state index is -4.05. The second-order valence-corrected chi connectivity index (χ2v) is 11.7. The molecule has 2 aliphatic carbocycles. The van der Waals surface area contributed by atoms with E-state index in [4.69, 9.17) is 0 Å². The van der Waals surface area contributed by atoms with Gasteiger partial charge in [0, 0.05) is 23.7 Å². The standard InChI is InChI=1S/C20H27N3O5S2/c1-29(25,26)23-11-4-6-15(23)10-12-30(27,28)22-20(24)21-19-13-14-5-2-7-16(14)17-8-3-9-18(17)19/h10,12-13,15H,2-9,11H2,1H3,(H2,21,22,24)/b12-10+/t15-/m0/s1. The normalized spacial score (nSPS) is 21.7. The number of urea groups is 1. The predicted molar refractivity (Wildman–Crippen MR) is 115 cm³/mol. The second-order valence-electron chi connectivity index (χ2n) is 8.24. The number of fused-ring (bicyclic) bond motifs is 3. The zero-order chi connectivity index (χ0) is 21.5. The van der Waals surface area contributed by atoms with Gasteiger partial charge in [-0.1, -0.05) is 6.08 Å². The molecule has 0 unspecified atom stereocenters. The number of carbonyl (C=O) groups excluding carboxylic acids is 1. The maximum Gasteiger partial charge on any atom is 0.333 e. The van der Waals surface area contributed by atoms with Crippen LogP contribution in [0, 0.1) is 0 Å². The quantitative estimate of drug-likeness (QED) is 0.709. The molecule has 3 aliphatic rings. The topological polar surface area (TPSA) is 113 Å². The molecule has 30 heavy (non-hydrogen) atoms. The molecule has 0 bridgehead atoms. The minimum Gasteiger partial charge on any atom is -0.307 e. The fourth-order valence-electron chi connectivity index (χ4n) is 4.89. The molecule has 1 saturated heterocycles. The van der Waals surface area contributed by atoms with Gasteiger partial charge in [-0.15, -0.1) is 0 Å². The molecular formula is C20H27N3O5S2. The van der Waals surface area contributed by atoms with E-state index < -0.39 is 32.1 Å². The molecule has 4 rings (SSSR count). The zero-order valence-electron chi connectivity index (χ0n) is 17.0. The third kappa shape index (κ3) is 4.40. The number of hydrogen-bond acceptors (Lipinski definition) is 5. The van der Waals surface area contributed by atoms with Gasteiger partial charge in [-0.25, -0.2) is 26.4 Å². The highest BCUT2D eigenvalue weighted by atomic mass is 32.2. The van der Waals surface area contributed by atoms with E-state index in [0.717, 1.165) is 55.8 Å². The maximum absolute atomic E-state index is 12.4. The number of anilines is 1. The first-order chi connectivity index (χ1) is 14.1. The third-order valence-corrected chi connectivity index (χ3v) is 8.41. The lowest BCUT2D eigenvalue weighted by Crippen LogP contribution is -2.35. The summed E-state index contributed by atoms with van der Waals surface area (Å²) in [5.41, 5.74) is 5.80. The Morgan fingerprint density at radius 2 is 1.73 bits per heavy atom. The van der Waals surface area contributed by atoms with Gasteiger partial charge in [-0.05, 0) is 79.7 Å². The lowest BCUT2D eigenvalue weighted by molar-refractivity contribution is 0.256. The van der Waals surface area contributed by atoms with Crippen molar-refractivity contribution < 1.29 is 21.6 Å². The lowest BCUT2D eigenvalue weighted by Gasteiger charge is -2.18. The smallest absolute Gasteiger partial charge is 0.307 e. The molecule has 10 heteroatoms. The minimum absolute atomic E-state index is 0.366. The molecule has 0 spiro atoms. The number of hydrogen-bond donors (Lipinski definition) is 2. The summed E-state index contributed by atoms with van der Waals surface area (Å²) >= 11 is 0. The van der Waals surface area contributed by atoms with Crippen molar-refractivity contribution in [3.8, 4) is 0 Å². The molecule has 1 atom stereocenters. The number of nitrogens with one attached hydrogen (secondary N) is 2. The SMILES string of the molecule is CS(=O)(=O)N1CCC[C@H]1/C=C/S(=O)(=O)NC(=O)Nc1cc2c(c3c1CCC3)CCC2. The van der Waals surface area contributed by atoms with Crippen molar-refractivity contribution in [1.29, 1.82) is 0 Å². The van der Waals surface area contributed by atoms with Gasteiger partial charge in [0.15, 0.2) is 0 Å². The lowest BCUT2D eigenvalue weighted by atomic mass is 9.98. The van der Waals surface area contributed by atoms with Gasteiger partial charge in [0.2, 0.25) is 10.0 Å². The summed E-state index contributed by atoms with van der Waals surface area (Å²) in [6.07, 6.45) is 9.76. The molecule has 0 aromatic heterocycles. The van der Waals surface area contributed by atoms with Gasteiger partial charge in [-0.2, -0.15) is 4.31 Å². The highest BCUT2D eigenvalue weighted by molar-refractivity contribution is 7.93. The van der Waals surface area contributed by atoms with Crippen molar-refractivity contribution in [3.05, 3.63) is 39.8 Å². The van der Waals surface area contributed by atoms with E-state index in [9.17, 15) is 21.6 Å². The van der Waals surface area contributed by atoms with Crippen LogP contribution < -0.4 is 10.0 Å². The van der Waals surface area contributed by atoms with Crippen molar-refractivity contribution in [1.82, 2.24) is 9.03 Å². The van der Waals surface area contributed by atoms with E-state index in [1.54, 1.807) is 0 Å². The van der Waals surface area contributed by atoms with Crippen LogP contribution in [0.5, 0.6) is 0 Å². The molecule has 1 heterocycles. The molecule has 0 radical (unpaired) electrons. The van der Waals surface area contributed by atoms with Crippen LogP contribution in [0.3, 0.4) is 0 Å². The highest BCUT2D eigenvalue weighted by Crippen LogP contribution is 2.38. The Hall–Kier alpha value is -1.91. The summed E-state index contributed by atoms with van der Waals surface area (Å²) in [5.74, 6) is 0. The van der Waals surface area contributed by atoms with Crippen molar-refractivity contribution in [2.24, 2.45) is 0 Å². The number of rotatable bonds is 5. The summed E-state index contributed by atoms with van der Waals surface area (Å²) in [7, 11) is -7.45. The number of amides is 2. The summed E-state index contributed by atoms with van der Waals surface area (Å²) in [6.45, 7) is 0.366. The van der Waals surface area contributed by atoms with Crippen LogP contribution in [-0.4, -0.2) is 46.0 Å². The molecule has 1 aliphatic heterocycles. The molecule has 1 aromatic carbocycles. The van der Waals surface area contributed by atoms with Crippen LogP contribution in [0.1, 0.15) is 47.9 Å². The maximum atomic E-state index is 12.4. The summed E-state index contributed by atoms with van der Waals surface area (Å²) in [4.78, 5) is 12.4. The average molecular weight is 454 g/mol. The Morgan fingerprint density at radius 1 is 1.03 bits per heavy atom. The Balaban J connectivity index is 1.45. The van der Waals surface area contributed by atoms with Crippen LogP contribution in [0.4, 0.5) is 10.5 Å². The molecular weight excluding hydrogens is 426 g/mol. The second kappa shape index (κ2) is 7.97. The molecule has 2 N–H and O–H groups in total. The Bertz CT molecular complexity index is 1110. The summed E-state index contributed by atoms with van der Waals surface area (Å²) in [6, 6.07) is 0.662. The van der Waals surface area contributed by atoms with Crippen LogP contribution in [-0.2, 0) is 45.7 Å². The van der Waals surface area contributed by atoms with E-state index >= 15 is 0 Å². The van der Waals surface area contributed by atoms with E-state index in [0.29, 0.717) is 25.1 Å². The average Bonchev–Trinajstić information content (AvgIpc) is 3.37. The van der Waals surface area contributed by atoms with Crippen molar-refractivity contribution in [2.45, 2.75) is 57.4 Å². The number of sulfonamides is 2. The first kappa shape index (κ1) is 21.3. The van der Waals surface area contributed by atoms with E-state index in [2.05, 4.69) is 5.32 Å². The molecule has 2 amide bonds. The molecule has 164 valence electrons. The molecule has 1 aromatic rings. The van der Waals surface area contributed by atoms with Crippen molar-refractivity contribution in [3.63, 3.8) is 0 Å². The van der Waals surface area contributed by atoms with Crippen LogP contribution in [0.2, 0.25) is 0 Å². The third-order valence-electron chi connectivity index (χ3n) is 6.12. The fraction of sp³-hybridized carbons (Fsp3) is 0.550. The fourth-order valence-corrected chi connectivity index (χ4v) is 6.79. The summed E-state index contributed by atoms with van der Waals surface area (Å²) < 4.78 is 51.5. The van der Waals surface area contributed by atoms with Gasteiger partial charge in [0.25, 0.3) is 10.0 Å². The van der Waals surface area contributed by atoms with Gasteiger partial charge in [0.1, 0.15) is 0 Å². The van der Waals surface area contributed by atoms with E-state index in [-0.39, 0.29) is 0 Å². The predicted octanol–water partition coefficient (Wildman–Crippen LogP) is 2.05.